The summed E-state index contributed by atoms with van der Waals surface area (Å²) in [5.74, 6) is 0.752. The highest BCUT2D eigenvalue weighted by molar-refractivity contribution is 5.05. The van der Waals surface area contributed by atoms with Gasteiger partial charge in [0.2, 0.25) is 0 Å². The van der Waals surface area contributed by atoms with Crippen molar-refractivity contribution in [2.45, 2.75) is 64.8 Å². The van der Waals surface area contributed by atoms with Crippen molar-refractivity contribution in [1.82, 2.24) is 9.78 Å². The quantitative estimate of drug-likeness (QED) is 0.856. The zero-order valence-electron chi connectivity index (χ0n) is 12.7. The molecule has 1 unspecified atom stereocenters. The minimum Gasteiger partial charge on any atom is -0.327 e. The lowest BCUT2D eigenvalue weighted by Gasteiger charge is -2.37. The molecule has 3 nitrogen and oxygen atoms in total. The molecule has 1 fully saturated rings. The van der Waals surface area contributed by atoms with E-state index in [4.69, 9.17) is 5.73 Å². The molecule has 1 aromatic heterocycles. The molecule has 1 aliphatic rings. The van der Waals surface area contributed by atoms with Crippen LogP contribution in [0.5, 0.6) is 0 Å². The number of nitrogens with zero attached hydrogens (tertiary/aromatic N) is 2. The van der Waals surface area contributed by atoms with Crippen LogP contribution < -0.4 is 5.73 Å². The van der Waals surface area contributed by atoms with Gasteiger partial charge in [0.25, 0.3) is 0 Å². The molecule has 0 spiro atoms. The second-order valence-electron chi connectivity index (χ2n) is 6.83. The predicted molar refractivity (Wildman–Crippen MR) is 79.9 cm³/mol. The normalized spacial score (nSPS) is 20.1. The molecular weight excluding hydrogens is 234 g/mol. The van der Waals surface area contributed by atoms with E-state index in [2.05, 4.69) is 25.1 Å². The topological polar surface area (TPSA) is 43.8 Å². The number of nitrogens with two attached hydrogens (primary N) is 1. The first-order chi connectivity index (χ1) is 9.02. The molecule has 3 heteroatoms. The molecule has 1 saturated carbocycles. The van der Waals surface area contributed by atoms with Crippen LogP contribution in [0.3, 0.4) is 0 Å². The minimum atomic E-state index is 0.345. The van der Waals surface area contributed by atoms with Crippen molar-refractivity contribution in [2.75, 3.05) is 0 Å². The van der Waals surface area contributed by atoms with Crippen molar-refractivity contribution in [3.8, 4) is 0 Å². The Bertz CT molecular complexity index is 388. The van der Waals surface area contributed by atoms with Gasteiger partial charge < -0.3 is 5.73 Å². The van der Waals surface area contributed by atoms with Crippen LogP contribution in [0, 0.1) is 11.3 Å². The molecule has 0 saturated heterocycles. The van der Waals surface area contributed by atoms with Crippen LogP contribution in [0.2, 0.25) is 0 Å². The van der Waals surface area contributed by atoms with E-state index < -0.39 is 0 Å². The van der Waals surface area contributed by atoms with Crippen LogP contribution in [0.25, 0.3) is 0 Å². The Balaban J connectivity index is 1.94. The zero-order valence-corrected chi connectivity index (χ0v) is 12.7. The maximum absolute atomic E-state index is 6.59. The van der Waals surface area contributed by atoms with Gasteiger partial charge in [-0.3, -0.25) is 4.68 Å². The van der Waals surface area contributed by atoms with Crippen LogP contribution >= 0.6 is 0 Å². The number of hydrogen-bond acceptors (Lipinski definition) is 2. The lowest BCUT2D eigenvalue weighted by atomic mass is 9.71. The van der Waals surface area contributed by atoms with Gasteiger partial charge in [-0.2, -0.15) is 5.10 Å². The van der Waals surface area contributed by atoms with E-state index in [-0.39, 0.29) is 0 Å². The molecule has 0 aliphatic heterocycles. The molecule has 1 atom stereocenters. The Hall–Kier alpha value is -0.830. The number of rotatable bonds is 6. The molecule has 0 aromatic carbocycles. The van der Waals surface area contributed by atoms with Crippen molar-refractivity contribution in [1.29, 1.82) is 0 Å². The summed E-state index contributed by atoms with van der Waals surface area (Å²) < 4.78 is 1.88. The molecule has 2 N–H and O–H groups in total. The van der Waals surface area contributed by atoms with Crippen molar-refractivity contribution in [3.63, 3.8) is 0 Å². The highest BCUT2D eigenvalue weighted by atomic mass is 15.2. The maximum atomic E-state index is 6.59. The molecule has 0 amide bonds. The second-order valence-corrected chi connectivity index (χ2v) is 6.83. The molecule has 19 heavy (non-hydrogen) atoms. The summed E-state index contributed by atoms with van der Waals surface area (Å²) in [5, 5.41) is 4.23. The van der Waals surface area contributed by atoms with Crippen molar-refractivity contribution in [3.05, 3.63) is 18.0 Å². The molecular formula is C16H29N3. The number of hydrogen-bond donors (Lipinski definition) is 1. The summed E-state index contributed by atoms with van der Waals surface area (Å²) in [6.45, 7) is 4.65. The van der Waals surface area contributed by atoms with Gasteiger partial charge in [-0.25, -0.2) is 0 Å². The van der Waals surface area contributed by atoms with E-state index in [0.717, 1.165) is 18.8 Å². The molecule has 1 aromatic rings. The van der Waals surface area contributed by atoms with Crippen LogP contribution in [0.1, 0.15) is 57.9 Å². The minimum absolute atomic E-state index is 0.345. The van der Waals surface area contributed by atoms with Gasteiger partial charge in [-0.15, -0.1) is 0 Å². The average Bonchev–Trinajstić information content (AvgIpc) is 2.95. The van der Waals surface area contributed by atoms with Gasteiger partial charge in [0.05, 0.1) is 6.20 Å². The number of aromatic nitrogens is 2. The lowest BCUT2D eigenvalue weighted by molar-refractivity contribution is 0.175. The average molecular weight is 263 g/mol. The fraction of sp³-hybridized carbons (Fsp3) is 0.812. The molecule has 108 valence electrons. The van der Waals surface area contributed by atoms with Crippen LogP contribution in [0.15, 0.2) is 12.4 Å². The summed E-state index contributed by atoms with van der Waals surface area (Å²) in [6, 6.07) is 0.345. The Kier molecular flexibility index (Phi) is 4.67. The second kappa shape index (κ2) is 6.08. The Morgan fingerprint density at radius 1 is 1.37 bits per heavy atom. The molecule has 1 heterocycles. The van der Waals surface area contributed by atoms with E-state index in [0.29, 0.717) is 11.5 Å². The van der Waals surface area contributed by atoms with Gasteiger partial charge >= 0.3 is 0 Å². The van der Waals surface area contributed by atoms with Gasteiger partial charge in [-0.05, 0) is 49.0 Å². The van der Waals surface area contributed by atoms with E-state index in [1.54, 1.807) is 0 Å². The Morgan fingerprint density at radius 2 is 2.05 bits per heavy atom. The van der Waals surface area contributed by atoms with E-state index >= 15 is 0 Å². The van der Waals surface area contributed by atoms with Crippen LogP contribution in [-0.2, 0) is 13.5 Å². The lowest BCUT2D eigenvalue weighted by Crippen LogP contribution is -2.41. The predicted octanol–water partition coefficient (Wildman–Crippen LogP) is 3.29. The highest BCUT2D eigenvalue weighted by Gasteiger charge is 2.39. The fourth-order valence-corrected chi connectivity index (χ4v) is 3.85. The van der Waals surface area contributed by atoms with E-state index in [1.165, 1.54) is 37.7 Å². The summed E-state index contributed by atoms with van der Waals surface area (Å²) in [5.41, 5.74) is 8.32. The van der Waals surface area contributed by atoms with Crippen molar-refractivity contribution < 1.29 is 0 Å². The van der Waals surface area contributed by atoms with Crippen molar-refractivity contribution >= 4 is 0 Å². The van der Waals surface area contributed by atoms with E-state index in [9.17, 15) is 0 Å². The molecule has 0 bridgehead atoms. The van der Waals surface area contributed by atoms with Crippen LogP contribution in [-0.4, -0.2) is 15.8 Å². The van der Waals surface area contributed by atoms with Crippen molar-refractivity contribution in [2.24, 2.45) is 24.1 Å². The fourth-order valence-electron chi connectivity index (χ4n) is 3.85. The summed E-state index contributed by atoms with van der Waals surface area (Å²) in [4.78, 5) is 0. The number of aryl methyl sites for hydroxylation is 2. The summed E-state index contributed by atoms with van der Waals surface area (Å²) in [6.07, 6.45) is 12.9. The largest absolute Gasteiger partial charge is 0.327 e. The first kappa shape index (κ1) is 14.6. The van der Waals surface area contributed by atoms with Gasteiger partial charge in [-0.1, -0.05) is 26.7 Å². The highest BCUT2D eigenvalue weighted by Crippen LogP contribution is 2.46. The van der Waals surface area contributed by atoms with Gasteiger partial charge in [0.1, 0.15) is 0 Å². The van der Waals surface area contributed by atoms with Crippen LogP contribution in [0.4, 0.5) is 0 Å². The van der Waals surface area contributed by atoms with Gasteiger partial charge in [0.15, 0.2) is 0 Å². The first-order valence-electron chi connectivity index (χ1n) is 7.75. The third kappa shape index (κ3) is 3.59. The molecule has 1 aliphatic carbocycles. The molecule has 2 rings (SSSR count). The maximum Gasteiger partial charge on any atom is 0.0521 e. The van der Waals surface area contributed by atoms with Gasteiger partial charge in [0, 0.05) is 19.3 Å². The first-order valence-corrected chi connectivity index (χ1v) is 7.75. The van der Waals surface area contributed by atoms with E-state index in [1.807, 2.05) is 17.9 Å². The zero-order chi connectivity index (χ0) is 13.9. The SMILES string of the molecule is CC(C)CC1(C(N)CCc2cnn(C)c2)CCCC1. The Morgan fingerprint density at radius 3 is 2.58 bits per heavy atom. The standard InChI is InChI=1S/C16H29N3/c1-13(2)10-16(8-4-5-9-16)15(17)7-6-14-11-18-19(3)12-14/h11-13,15H,4-10,17H2,1-3H3. The third-order valence-corrected chi connectivity index (χ3v) is 4.70. The summed E-state index contributed by atoms with van der Waals surface area (Å²) in [7, 11) is 1.97. The molecule has 0 radical (unpaired) electrons. The monoisotopic (exact) mass is 263 g/mol. The Labute approximate surface area is 117 Å². The third-order valence-electron chi connectivity index (χ3n) is 4.70. The summed E-state index contributed by atoms with van der Waals surface area (Å²) >= 11 is 0. The smallest absolute Gasteiger partial charge is 0.0521 e.